The van der Waals surface area contributed by atoms with Gasteiger partial charge in [-0.3, -0.25) is 0 Å². The minimum atomic E-state index is -0.689. The molecular weight excluding hydrogens is 206 g/mol. The number of hydrogen-bond acceptors (Lipinski definition) is 4. The second kappa shape index (κ2) is 3.42. The summed E-state index contributed by atoms with van der Waals surface area (Å²) >= 11 is 0. The number of hydrogen-bond donors (Lipinski definition) is 2. The highest BCUT2D eigenvalue weighted by molar-refractivity contribution is 5.11. The zero-order chi connectivity index (χ0) is 11.3. The van der Waals surface area contributed by atoms with Gasteiger partial charge in [0.2, 0.25) is 0 Å². The Bertz CT molecular complexity index is 272. The van der Waals surface area contributed by atoms with Crippen LogP contribution < -0.4 is 5.73 Å². The Labute approximate surface area is 96.1 Å². The van der Waals surface area contributed by atoms with Crippen molar-refractivity contribution >= 4 is 0 Å². The van der Waals surface area contributed by atoms with Crippen molar-refractivity contribution in [1.82, 2.24) is 0 Å². The lowest BCUT2D eigenvalue weighted by Gasteiger charge is -2.54. The Hall–Kier alpha value is -0.160. The van der Waals surface area contributed by atoms with Crippen LogP contribution in [-0.4, -0.2) is 35.2 Å². The van der Waals surface area contributed by atoms with Crippen LogP contribution in [0.4, 0.5) is 0 Å². The standard InChI is InChI=1S/C12H21NO3/c13-10(2-1-3-10)11(14)4-6-12(7-5-11)15-8-9-16-12/h14H,1-9,13H2. The third kappa shape index (κ3) is 1.44. The van der Waals surface area contributed by atoms with E-state index >= 15 is 0 Å². The maximum atomic E-state index is 10.7. The molecule has 4 heteroatoms. The van der Waals surface area contributed by atoms with Crippen LogP contribution in [0.15, 0.2) is 0 Å². The highest BCUT2D eigenvalue weighted by Gasteiger charge is 2.56. The second-order valence-electron chi connectivity index (χ2n) is 5.65. The van der Waals surface area contributed by atoms with Crippen LogP contribution in [-0.2, 0) is 9.47 Å². The Morgan fingerprint density at radius 1 is 0.875 bits per heavy atom. The second-order valence-corrected chi connectivity index (χ2v) is 5.65. The summed E-state index contributed by atoms with van der Waals surface area (Å²) in [5.74, 6) is -0.396. The van der Waals surface area contributed by atoms with Crippen molar-refractivity contribution in [2.45, 2.75) is 61.9 Å². The molecule has 0 unspecified atom stereocenters. The predicted molar refractivity (Wildman–Crippen MR) is 58.8 cm³/mol. The third-order valence-corrected chi connectivity index (χ3v) is 4.83. The van der Waals surface area contributed by atoms with Gasteiger partial charge in [0.25, 0.3) is 0 Å². The summed E-state index contributed by atoms with van der Waals surface area (Å²) in [7, 11) is 0. The number of ether oxygens (including phenoxy) is 2. The molecule has 1 aliphatic heterocycles. The summed E-state index contributed by atoms with van der Waals surface area (Å²) in [5.41, 5.74) is 5.24. The molecule has 3 rings (SSSR count). The van der Waals surface area contributed by atoms with E-state index < -0.39 is 11.4 Å². The van der Waals surface area contributed by atoms with Gasteiger partial charge < -0.3 is 20.3 Å². The topological polar surface area (TPSA) is 64.7 Å². The lowest BCUT2D eigenvalue weighted by Crippen LogP contribution is -2.66. The lowest BCUT2D eigenvalue weighted by molar-refractivity contribution is -0.217. The van der Waals surface area contributed by atoms with Crippen molar-refractivity contribution in [2.24, 2.45) is 5.73 Å². The van der Waals surface area contributed by atoms with E-state index in [9.17, 15) is 5.11 Å². The largest absolute Gasteiger partial charge is 0.388 e. The quantitative estimate of drug-likeness (QED) is 0.699. The lowest BCUT2D eigenvalue weighted by atomic mass is 9.60. The molecular formula is C12H21NO3. The molecule has 0 bridgehead atoms. The summed E-state index contributed by atoms with van der Waals surface area (Å²) in [6.45, 7) is 1.37. The van der Waals surface area contributed by atoms with Gasteiger partial charge in [-0.1, -0.05) is 0 Å². The highest BCUT2D eigenvalue weighted by atomic mass is 16.7. The summed E-state index contributed by atoms with van der Waals surface area (Å²) in [4.78, 5) is 0. The molecule has 3 fully saturated rings. The molecule has 1 heterocycles. The zero-order valence-corrected chi connectivity index (χ0v) is 9.71. The van der Waals surface area contributed by atoms with E-state index in [1.807, 2.05) is 0 Å². The molecule has 4 nitrogen and oxygen atoms in total. The maximum absolute atomic E-state index is 10.7. The smallest absolute Gasteiger partial charge is 0.168 e. The monoisotopic (exact) mass is 227 g/mol. The summed E-state index contributed by atoms with van der Waals surface area (Å²) in [5, 5.41) is 10.7. The van der Waals surface area contributed by atoms with E-state index in [0.29, 0.717) is 26.1 Å². The Kier molecular flexibility index (Phi) is 2.34. The normalized spacial score (nSPS) is 34.9. The van der Waals surface area contributed by atoms with Gasteiger partial charge in [0.15, 0.2) is 5.79 Å². The summed E-state index contributed by atoms with van der Waals surface area (Å²) < 4.78 is 11.3. The van der Waals surface area contributed by atoms with E-state index in [4.69, 9.17) is 15.2 Å². The van der Waals surface area contributed by atoms with Gasteiger partial charge in [-0.25, -0.2) is 0 Å². The Morgan fingerprint density at radius 3 is 1.88 bits per heavy atom. The first kappa shape index (κ1) is 11.0. The van der Waals surface area contributed by atoms with Gasteiger partial charge in [-0.2, -0.15) is 0 Å². The van der Waals surface area contributed by atoms with Crippen LogP contribution in [0.25, 0.3) is 0 Å². The van der Waals surface area contributed by atoms with Gasteiger partial charge >= 0.3 is 0 Å². The van der Waals surface area contributed by atoms with E-state index in [1.165, 1.54) is 0 Å². The van der Waals surface area contributed by atoms with Crippen LogP contribution in [0.1, 0.15) is 44.9 Å². The molecule has 0 atom stereocenters. The van der Waals surface area contributed by atoms with Gasteiger partial charge in [-0.05, 0) is 32.1 Å². The molecule has 0 radical (unpaired) electrons. The van der Waals surface area contributed by atoms with Crippen molar-refractivity contribution in [3.63, 3.8) is 0 Å². The van der Waals surface area contributed by atoms with Gasteiger partial charge in [-0.15, -0.1) is 0 Å². The number of aliphatic hydroxyl groups is 1. The van der Waals surface area contributed by atoms with Gasteiger partial charge in [0, 0.05) is 18.4 Å². The van der Waals surface area contributed by atoms with Crippen LogP contribution in [0.5, 0.6) is 0 Å². The molecule has 2 aliphatic carbocycles. The first-order valence-corrected chi connectivity index (χ1v) is 6.37. The molecule has 0 aromatic carbocycles. The molecule has 0 aromatic heterocycles. The van der Waals surface area contributed by atoms with Crippen molar-refractivity contribution in [1.29, 1.82) is 0 Å². The highest BCUT2D eigenvalue weighted by Crippen LogP contribution is 2.49. The first-order chi connectivity index (χ1) is 7.58. The average molecular weight is 227 g/mol. The van der Waals surface area contributed by atoms with E-state index in [1.54, 1.807) is 0 Å². The minimum absolute atomic E-state index is 0.340. The average Bonchev–Trinajstić information content (AvgIpc) is 2.69. The first-order valence-electron chi connectivity index (χ1n) is 6.37. The van der Waals surface area contributed by atoms with E-state index in [2.05, 4.69) is 0 Å². The van der Waals surface area contributed by atoms with Crippen LogP contribution in [0, 0.1) is 0 Å². The van der Waals surface area contributed by atoms with E-state index in [0.717, 1.165) is 32.1 Å². The molecule has 92 valence electrons. The summed E-state index contributed by atoms with van der Waals surface area (Å²) in [6, 6.07) is 0. The Balaban J connectivity index is 1.69. The molecule has 3 aliphatic rings. The predicted octanol–water partition coefficient (Wildman–Crippen LogP) is 0.916. The fourth-order valence-electron chi connectivity index (χ4n) is 3.35. The molecule has 2 saturated carbocycles. The molecule has 3 N–H and O–H groups in total. The van der Waals surface area contributed by atoms with Crippen molar-refractivity contribution in [2.75, 3.05) is 13.2 Å². The third-order valence-electron chi connectivity index (χ3n) is 4.83. The summed E-state index contributed by atoms with van der Waals surface area (Å²) in [6.07, 6.45) is 6.05. The number of nitrogens with two attached hydrogens (primary N) is 1. The Morgan fingerprint density at radius 2 is 1.44 bits per heavy atom. The molecule has 0 amide bonds. The van der Waals surface area contributed by atoms with Gasteiger partial charge in [0.05, 0.1) is 18.8 Å². The zero-order valence-electron chi connectivity index (χ0n) is 9.71. The molecule has 1 spiro atoms. The number of rotatable bonds is 1. The molecule has 16 heavy (non-hydrogen) atoms. The van der Waals surface area contributed by atoms with Crippen molar-refractivity contribution < 1.29 is 14.6 Å². The molecule has 0 aromatic rings. The van der Waals surface area contributed by atoms with E-state index in [-0.39, 0.29) is 5.54 Å². The van der Waals surface area contributed by atoms with Crippen LogP contribution in [0.2, 0.25) is 0 Å². The fraction of sp³-hybridized carbons (Fsp3) is 1.00. The van der Waals surface area contributed by atoms with Crippen molar-refractivity contribution in [3.8, 4) is 0 Å². The minimum Gasteiger partial charge on any atom is -0.388 e. The van der Waals surface area contributed by atoms with Crippen LogP contribution >= 0.6 is 0 Å². The van der Waals surface area contributed by atoms with Crippen molar-refractivity contribution in [3.05, 3.63) is 0 Å². The van der Waals surface area contributed by atoms with Gasteiger partial charge in [0.1, 0.15) is 0 Å². The fourth-order valence-corrected chi connectivity index (χ4v) is 3.35. The SMILES string of the molecule is NC1(C2(O)CCC3(CC2)OCCO3)CCC1. The van der Waals surface area contributed by atoms with Crippen LogP contribution in [0.3, 0.4) is 0 Å². The molecule has 1 saturated heterocycles. The maximum Gasteiger partial charge on any atom is 0.168 e.